The van der Waals surface area contributed by atoms with E-state index in [1.807, 2.05) is 0 Å². The van der Waals surface area contributed by atoms with Gasteiger partial charge in [-0.1, -0.05) is 47.5 Å². The van der Waals surface area contributed by atoms with Crippen molar-refractivity contribution < 1.29 is 32.3 Å². The molecule has 0 bridgehead atoms. The summed E-state index contributed by atoms with van der Waals surface area (Å²) in [5.41, 5.74) is 0.315. The van der Waals surface area contributed by atoms with Crippen molar-refractivity contribution in [2.45, 2.75) is 43.5 Å². The van der Waals surface area contributed by atoms with Crippen molar-refractivity contribution >= 4 is 73.9 Å². The molecule has 0 aliphatic carbocycles. The molecule has 0 saturated carbocycles. The van der Waals surface area contributed by atoms with Crippen LogP contribution in [-0.4, -0.2) is 59.9 Å². The third-order valence-electron chi connectivity index (χ3n) is 5.87. The maximum absolute atomic E-state index is 13.0. The zero-order chi connectivity index (χ0) is 28.7. The summed E-state index contributed by atoms with van der Waals surface area (Å²) in [6.07, 6.45) is -0.192. The van der Waals surface area contributed by atoms with Crippen molar-refractivity contribution in [3.05, 3.63) is 69.3 Å². The smallest absolute Gasteiger partial charge is 0.355 e. The minimum atomic E-state index is -3.94. The first-order valence-electron chi connectivity index (χ1n) is 11.8. The first kappa shape index (κ1) is 29.2. The van der Waals surface area contributed by atoms with E-state index in [9.17, 15) is 22.8 Å². The molecule has 2 aromatic rings. The van der Waals surface area contributed by atoms with Crippen LogP contribution in [0.4, 0.5) is 11.4 Å². The summed E-state index contributed by atoms with van der Waals surface area (Å²) in [6, 6.07) is 12.0. The largest absolute Gasteiger partial charge is 0.461 e. The Bertz CT molecular complexity index is 1460. The molecule has 0 radical (unpaired) electrons. The van der Waals surface area contributed by atoms with Gasteiger partial charge in [-0.15, -0.1) is 11.6 Å². The molecule has 4 rings (SSSR count). The summed E-state index contributed by atoms with van der Waals surface area (Å²) >= 11 is 18.5. The van der Waals surface area contributed by atoms with E-state index in [-0.39, 0.29) is 17.7 Å². The van der Waals surface area contributed by atoms with Gasteiger partial charge in [-0.05, 0) is 44.5 Å². The fourth-order valence-electron chi connectivity index (χ4n) is 4.18. The molecule has 1 fully saturated rings. The second kappa shape index (κ2) is 11.0. The Morgan fingerprint density at radius 1 is 1.08 bits per heavy atom. The number of nitrogens with zero attached hydrogens (tertiary/aromatic N) is 1. The predicted octanol–water partition coefficient (Wildman–Crippen LogP) is 4.62. The second-order valence-corrected chi connectivity index (χ2v) is 13.4. The Hall–Kier alpha value is -2.79. The Morgan fingerprint density at radius 2 is 1.72 bits per heavy atom. The normalized spacial score (nSPS) is 20.2. The molecule has 13 heteroatoms. The van der Waals surface area contributed by atoms with Crippen molar-refractivity contribution in [3.63, 3.8) is 0 Å². The lowest BCUT2D eigenvalue weighted by molar-refractivity contribution is -0.157. The molecule has 1 N–H and O–H groups in total. The number of alkyl halides is 1. The number of fused-ring (bicyclic) bond motifs is 1. The zero-order valence-corrected chi connectivity index (χ0v) is 24.2. The van der Waals surface area contributed by atoms with E-state index in [4.69, 9.17) is 44.3 Å². The van der Waals surface area contributed by atoms with Gasteiger partial charge in [-0.3, -0.25) is 14.5 Å². The highest BCUT2D eigenvalue weighted by Crippen LogP contribution is 2.40. The van der Waals surface area contributed by atoms with Crippen molar-refractivity contribution in [1.82, 2.24) is 4.90 Å². The molecule has 0 aromatic heterocycles. The maximum atomic E-state index is 13.0. The second-order valence-electron chi connectivity index (χ2n) is 9.98. The van der Waals surface area contributed by atoms with E-state index in [0.717, 1.165) is 4.90 Å². The molecule has 2 heterocycles. The third-order valence-corrected chi connectivity index (χ3v) is 9.05. The van der Waals surface area contributed by atoms with Crippen molar-refractivity contribution in [2.24, 2.45) is 0 Å². The van der Waals surface area contributed by atoms with Crippen LogP contribution in [-0.2, 0) is 40.1 Å². The number of hydrogen-bond acceptors (Lipinski definition) is 8. The maximum Gasteiger partial charge on any atom is 0.355 e. The summed E-state index contributed by atoms with van der Waals surface area (Å²) in [7, 11) is -3.94. The monoisotopic (exact) mass is 614 g/mol. The molecule has 1 amide bonds. The number of halogens is 3. The van der Waals surface area contributed by atoms with Crippen LogP contribution in [0.2, 0.25) is 10.0 Å². The van der Waals surface area contributed by atoms with Crippen molar-refractivity contribution in [1.29, 1.82) is 0 Å². The molecule has 1 saturated heterocycles. The van der Waals surface area contributed by atoms with E-state index in [1.54, 1.807) is 63.2 Å². The fraction of sp³-hybridized carbons (Fsp3) is 0.346. The molecular formula is C26H25Cl3N2O7S. The van der Waals surface area contributed by atoms with Gasteiger partial charge in [-0.2, -0.15) is 0 Å². The van der Waals surface area contributed by atoms with Gasteiger partial charge >= 0.3 is 11.9 Å². The molecule has 1 unspecified atom stereocenters. The fourth-order valence-corrected chi connectivity index (χ4v) is 7.25. The molecule has 0 spiro atoms. The van der Waals surface area contributed by atoms with E-state index < -0.39 is 56.4 Å². The van der Waals surface area contributed by atoms with Crippen LogP contribution in [0, 0.1) is 0 Å². The van der Waals surface area contributed by atoms with Crippen LogP contribution in [0.1, 0.15) is 26.3 Å². The number of anilines is 2. The lowest BCUT2D eigenvalue weighted by atomic mass is 10.1. The highest BCUT2D eigenvalue weighted by atomic mass is 35.5. The van der Waals surface area contributed by atoms with Gasteiger partial charge in [0, 0.05) is 11.3 Å². The number of β-lactam (4-membered cyclic amide) rings is 1. The first-order chi connectivity index (χ1) is 18.2. The Morgan fingerprint density at radius 3 is 2.36 bits per heavy atom. The van der Waals surface area contributed by atoms with Crippen LogP contribution in [0.5, 0.6) is 0 Å². The highest BCUT2D eigenvalue weighted by Gasteiger charge is 2.59. The van der Waals surface area contributed by atoms with Gasteiger partial charge in [0.15, 0.2) is 15.2 Å². The van der Waals surface area contributed by atoms with E-state index in [0.29, 0.717) is 27.0 Å². The molecule has 2 aliphatic heterocycles. The number of hydrogen-bond donors (Lipinski definition) is 1. The van der Waals surface area contributed by atoms with Gasteiger partial charge in [-0.25, -0.2) is 13.2 Å². The van der Waals surface area contributed by atoms with Crippen molar-refractivity contribution in [2.75, 3.05) is 17.7 Å². The number of esters is 2. The third kappa shape index (κ3) is 6.19. The highest BCUT2D eigenvalue weighted by molar-refractivity contribution is 7.92. The summed E-state index contributed by atoms with van der Waals surface area (Å²) in [5, 5.41) is 1.20. The lowest BCUT2D eigenvalue weighted by Crippen LogP contribution is -2.68. The molecular weight excluding hydrogens is 591 g/mol. The Balaban J connectivity index is 1.56. The van der Waals surface area contributed by atoms with Crippen LogP contribution in [0.3, 0.4) is 0 Å². The average molecular weight is 616 g/mol. The van der Waals surface area contributed by atoms with E-state index >= 15 is 0 Å². The summed E-state index contributed by atoms with van der Waals surface area (Å²) in [4.78, 5) is 39.1. The number of para-hydroxylation sites is 2. The van der Waals surface area contributed by atoms with Crippen LogP contribution < -0.4 is 5.32 Å². The number of ether oxygens (including phenoxy) is 2. The molecule has 2 aliphatic rings. The summed E-state index contributed by atoms with van der Waals surface area (Å²) in [5.74, 6) is -2.96. The van der Waals surface area contributed by atoms with Gasteiger partial charge < -0.3 is 14.8 Å². The molecule has 208 valence electrons. The lowest BCUT2D eigenvalue weighted by Gasteiger charge is -2.47. The van der Waals surface area contributed by atoms with Crippen LogP contribution in [0.15, 0.2) is 53.7 Å². The van der Waals surface area contributed by atoms with Gasteiger partial charge in [0.25, 0.3) is 0 Å². The van der Waals surface area contributed by atoms with E-state index in [1.165, 1.54) is 0 Å². The van der Waals surface area contributed by atoms with Crippen LogP contribution in [0.25, 0.3) is 0 Å². The standard InChI is InChI=1S/C26H25Cl3N2O7S/c1-26(2,3)38-25(34)22-15(13-39(35,36)24-20(29)23(33)31(22)24)12-37-19(32)11-14-7-4-5-10-18(14)30-21-16(27)8-6-9-17(21)28/h4-10,20,24,30H,11-13H2,1-3H3/t20-,24?/m0/s1. The van der Waals surface area contributed by atoms with Crippen LogP contribution >= 0.6 is 34.8 Å². The minimum Gasteiger partial charge on any atom is -0.461 e. The first-order valence-corrected chi connectivity index (χ1v) is 14.7. The number of carbonyl (C=O) groups is 3. The predicted molar refractivity (Wildman–Crippen MR) is 148 cm³/mol. The zero-order valence-electron chi connectivity index (χ0n) is 21.2. The van der Waals surface area contributed by atoms with Gasteiger partial charge in [0.2, 0.25) is 5.91 Å². The molecule has 9 nitrogen and oxygen atoms in total. The molecule has 2 atom stereocenters. The number of rotatable bonds is 7. The Labute approximate surface area is 240 Å². The van der Waals surface area contributed by atoms with E-state index in [2.05, 4.69) is 5.32 Å². The van der Waals surface area contributed by atoms with Crippen molar-refractivity contribution in [3.8, 4) is 0 Å². The number of nitrogens with one attached hydrogen (secondary N) is 1. The van der Waals surface area contributed by atoms with Gasteiger partial charge in [0.1, 0.15) is 23.3 Å². The summed E-state index contributed by atoms with van der Waals surface area (Å²) in [6.45, 7) is 4.35. The van der Waals surface area contributed by atoms with Gasteiger partial charge in [0.05, 0.1) is 27.9 Å². The number of amides is 1. The summed E-state index contributed by atoms with van der Waals surface area (Å²) < 4.78 is 36.5. The number of carbonyl (C=O) groups excluding carboxylic acids is 3. The SMILES string of the molecule is CC(C)(C)OC(=O)C1=C(COC(=O)Cc2ccccc2Nc2c(Cl)cccc2Cl)CS(=O)(=O)C2[C@@H](Cl)C(=O)N12. The number of benzene rings is 2. The molecule has 39 heavy (non-hydrogen) atoms. The minimum absolute atomic E-state index is 0.0694. The number of sulfone groups is 1. The topological polar surface area (TPSA) is 119 Å². The molecule has 2 aromatic carbocycles. The average Bonchev–Trinajstić information content (AvgIpc) is 2.83. The quantitative estimate of drug-likeness (QED) is 0.272. The Kier molecular flexibility index (Phi) is 8.23.